The van der Waals surface area contributed by atoms with Gasteiger partial charge in [0, 0.05) is 14.5 Å². The van der Waals surface area contributed by atoms with Gasteiger partial charge in [-0.1, -0.05) is 80.3 Å². The van der Waals surface area contributed by atoms with Crippen LogP contribution in [-0.2, 0) is 10.3 Å². The molecular formula is C19H24OSi. The number of benzene rings is 2. The maximum Gasteiger partial charge on any atom is 0.121 e. The molecule has 0 N–H and O–H groups in total. The van der Waals surface area contributed by atoms with Gasteiger partial charge in [0.05, 0.1) is 6.10 Å². The Kier molecular flexibility index (Phi) is 3.76. The Morgan fingerprint density at radius 2 is 1.33 bits per heavy atom. The fraction of sp³-hybridized carbons (Fsp3) is 0.368. The number of hydrogen-bond acceptors (Lipinski definition) is 1. The Bertz CT molecular complexity index is 538. The summed E-state index contributed by atoms with van der Waals surface area (Å²) >= 11 is 0. The van der Waals surface area contributed by atoms with Crippen molar-refractivity contribution in [2.75, 3.05) is 0 Å². The predicted molar refractivity (Wildman–Crippen MR) is 91.3 cm³/mol. The zero-order chi connectivity index (χ0) is 14.9. The molecule has 1 aliphatic rings. The highest BCUT2D eigenvalue weighted by Crippen LogP contribution is 2.49. The van der Waals surface area contributed by atoms with Crippen molar-refractivity contribution in [3.05, 3.63) is 71.8 Å². The van der Waals surface area contributed by atoms with Gasteiger partial charge in [-0.2, -0.15) is 0 Å². The van der Waals surface area contributed by atoms with E-state index in [0.29, 0.717) is 6.10 Å². The summed E-state index contributed by atoms with van der Waals surface area (Å²) in [6.45, 7) is 7.25. The summed E-state index contributed by atoms with van der Waals surface area (Å²) < 4.78 is 6.51. The first-order valence-electron chi connectivity index (χ1n) is 7.78. The Morgan fingerprint density at radius 3 is 1.71 bits per heavy atom. The van der Waals surface area contributed by atoms with Crippen LogP contribution in [0, 0.1) is 0 Å². The highest BCUT2D eigenvalue weighted by molar-refractivity contribution is 6.76. The maximum atomic E-state index is 6.51. The van der Waals surface area contributed by atoms with Crippen molar-refractivity contribution in [1.29, 1.82) is 0 Å². The molecular weight excluding hydrogens is 272 g/mol. The smallest absolute Gasteiger partial charge is 0.121 e. The van der Waals surface area contributed by atoms with Gasteiger partial charge in [-0.25, -0.2) is 0 Å². The number of rotatable bonds is 4. The number of ether oxygens (including phenoxy) is 1. The Labute approximate surface area is 129 Å². The molecule has 0 aromatic heterocycles. The normalized spacial score (nSPS) is 20.8. The van der Waals surface area contributed by atoms with E-state index in [-0.39, 0.29) is 5.60 Å². The summed E-state index contributed by atoms with van der Waals surface area (Å²) in [4.78, 5) is 0. The molecule has 0 aliphatic carbocycles. The van der Waals surface area contributed by atoms with Crippen molar-refractivity contribution in [1.82, 2.24) is 0 Å². The fourth-order valence-electron chi connectivity index (χ4n) is 3.35. The third kappa shape index (κ3) is 2.97. The van der Waals surface area contributed by atoms with E-state index in [4.69, 9.17) is 4.74 Å². The van der Waals surface area contributed by atoms with Crippen LogP contribution in [0.5, 0.6) is 0 Å². The molecule has 110 valence electrons. The van der Waals surface area contributed by atoms with Crippen LogP contribution >= 0.6 is 0 Å². The first-order chi connectivity index (χ1) is 10.00. The Morgan fingerprint density at radius 1 is 0.905 bits per heavy atom. The molecule has 21 heavy (non-hydrogen) atoms. The maximum absolute atomic E-state index is 6.51. The molecule has 0 bridgehead atoms. The monoisotopic (exact) mass is 296 g/mol. The van der Waals surface area contributed by atoms with Crippen molar-refractivity contribution in [3.8, 4) is 0 Å². The molecule has 2 aromatic carbocycles. The van der Waals surface area contributed by atoms with E-state index in [1.807, 2.05) is 0 Å². The van der Waals surface area contributed by atoms with E-state index in [1.54, 1.807) is 0 Å². The molecule has 1 atom stereocenters. The summed E-state index contributed by atoms with van der Waals surface area (Å²) in [6, 6.07) is 22.6. The summed E-state index contributed by atoms with van der Waals surface area (Å²) in [5.74, 6) is 0. The molecule has 0 spiro atoms. The molecule has 2 aromatic rings. The highest BCUT2D eigenvalue weighted by Gasteiger charge is 2.49. The Hall–Kier alpha value is -1.38. The van der Waals surface area contributed by atoms with E-state index >= 15 is 0 Å². The fourth-order valence-corrected chi connectivity index (χ4v) is 4.94. The van der Waals surface area contributed by atoms with Gasteiger partial charge >= 0.3 is 0 Å². The van der Waals surface area contributed by atoms with Crippen molar-refractivity contribution >= 4 is 8.07 Å². The van der Waals surface area contributed by atoms with Crippen molar-refractivity contribution in [2.24, 2.45) is 0 Å². The molecule has 1 saturated heterocycles. The summed E-state index contributed by atoms with van der Waals surface area (Å²) in [5.41, 5.74) is 2.33. The van der Waals surface area contributed by atoms with Crippen LogP contribution in [0.1, 0.15) is 17.5 Å². The summed E-state index contributed by atoms with van der Waals surface area (Å²) in [6.07, 6.45) is 1.52. The standard InChI is InChI=1S/C19H24OSi/c1-21(2,3)15-18-14-19(20-18,16-10-6-4-7-11-16)17-12-8-5-9-13-17/h4-13,18H,14-15H2,1-3H3. The zero-order valence-corrected chi connectivity index (χ0v) is 14.2. The molecule has 3 rings (SSSR count). The van der Waals surface area contributed by atoms with Gasteiger partial charge in [-0.3, -0.25) is 0 Å². The average molecular weight is 296 g/mol. The lowest BCUT2D eigenvalue weighted by Crippen LogP contribution is -2.50. The van der Waals surface area contributed by atoms with Gasteiger partial charge in [0.2, 0.25) is 0 Å². The van der Waals surface area contributed by atoms with Crippen LogP contribution in [0.4, 0.5) is 0 Å². The van der Waals surface area contributed by atoms with Crippen LogP contribution in [0.15, 0.2) is 60.7 Å². The summed E-state index contributed by atoms with van der Waals surface area (Å²) in [5, 5.41) is 0. The van der Waals surface area contributed by atoms with Crippen molar-refractivity contribution in [2.45, 2.75) is 43.8 Å². The molecule has 1 unspecified atom stereocenters. The molecule has 1 aliphatic heterocycles. The first-order valence-corrected chi connectivity index (χ1v) is 11.5. The van der Waals surface area contributed by atoms with Gasteiger partial charge in [-0.05, 0) is 17.2 Å². The molecule has 2 heteroatoms. The second-order valence-electron chi connectivity index (χ2n) is 7.27. The molecule has 0 saturated carbocycles. The lowest BCUT2D eigenvalue weighted by atomic mass is 9.77. The van der Waals surface area contributed by atoms with Crippen LogP contribution in [-0.4, -0.2) is 14.2 Å². The van der Waals surface area contributed by atoms with Gasteiger partial charge in [0.25, 0.3) is 0 Å². The van der Waals surface area contributed by atoms with E-state index in [2.05, 4.69) is 80.3 Å². The van der Waals surface area contributed by atoms with Crippen molar-refractivity contribution in [3.63, 3.8) is 0 Å². The van der Waals surface area contributed by atoms with Crippen LogP contribution in [0.3, 0.4) is 0 Å². The van der Waals surface area contributed by atoms with Crippen molar-refractivity contribution < 1.29 is 4.74 Å². The summed E-state index contributed by atoms with van der Waals surface area (Å²) in [7, 11) is -1.08. The number of hydrogen-bond donors (Lipinski definition) is 0. The van der Waals surface area contributed by atoms with Gasteiger partial charge in [0.15, 0.2) is 0 Å². The van der Waals surface area contributed by atoms with Crippen LogP contribution in [0.2, 0.25) is 25.7 Å². The first kappa shape index (κ1) is 14.5. The van der Waals surface area contributed by atoms with E-state index < -0.39 is 8.07 Å². The van der Waals surface area contributed by atoms with Gasteiger partial charge in [-0.15, -0.1) is 0 Å². The molecule has 1 fully saturated rings. The zero-order valence-electron chi connectivity index (χ0n) is 13.2. The SMILES string of the molecule is C[Si](C)(C)CC1CC(c2ccccc2)(c2ccccc2)O1. The van der Waals surface area contributed by atoms with Crippen LogP contribution in [0.25, 0.3) is 0 Å². The molecule has 1 heterocycles. The third-order valence-corrected chi connectivity index (χ3v) is 5.88. The van der Waals surface area contributed by atoms with E-state index in [0.717, 1.165) is 6.42 Å². The van der Waals surface area contributed by atoms with Crippen LogP contribution < -0.4 is 0 Å². The highest BCUT2D eigenvalue weighted by atomic mass is 28.3. The lowest BCUT2D eigenvalue weighted by molar-refractivity contribution is -0.179. The topological polar surface area (TPSA) is 9.23 Å². The molecule has 1 nitrogen and oxygen atoms in total. The quantitative estimate of drug-likeness (QED) is 0.717. The van der Waals surface area contributed by atoms with Gasteiger partial charge < -0.3 is 4.74 Å². The lowest BCUT2D eigenvalue weighted by Gasteiger charge is -2.50. The minimum absolute atomic E-state index is 0.229. The molecule has 0 radical (unpaired) electrons. The third-order valence-electron chi connectivity index (χ3n) is 4.20. The largest absolute Gasteiger partial charge is 0.362 e. The minimum Gasteiger partial charge on any atom is -0.362 e. The minimum atomic E-state index is -1.08. The Balaban J connectivity index is 1.90. The average Bonchev–Trinajstić information content (AvgIpc) is 2.43. The van der Waals surface area contributed by atoms with Gasteiger partial charge in [0.1, 0.15) is 5.60 Å². The second kappa shape index (κ2) is 5.43. The van der Waals surface area contributed by atoms with E-state index in [1.165, 1.54) is 17.2 Å². The second-order valence-corrected chi connectivity index (χ2v) is 12.8. The van der Waals surface area contributed by atoms with E-state index in [9.17, 15) is 0 Å². The molecule has 0 amide bonds. The predicted octanol–water partition coefficient (Wildman–Crippen LogP) is 5.06.